The number of fused-ring (bicyclic) bond motifs is 2. The molecule has 1 atom stereocenters. The summed E-state index contributed by atoms with van der Waals surface area (Å²) in [6, 6.07) is 12.2. The van der Waals surface area contributed by atoms with Crippen LogP contribution in [0.5, 0.6) is 0 Å². The van der Waals surface area contributed by atoms with Crippen LogP contribution in [0.4, 0.5) is 28.8 Å². The number of nitrogens with one attached hydrogen (secondary N) is 3. The molecule has 3 amide bonds. The van der Waals surface area contributed by atoms with Gasteiger partial charge in [0, 0.05) is 62.1 Å². The molecule has 226 valence electrons. The van der Waals surface area contributed by atoms with Crippen molar-refractivity contribution < 1.29 is 14.4 Å². The molecule has 3 N–H and O–H groups in total. The Bertz CT molecular complexity index is 1810. The number of aryl methyl sites for hydroxylation is 1. The molecule has 5 heterocycles. The van der Waals surface area contributed by atoms with Crippen LogP contribution in [0.15, 0.2) is 42.6 Å². The highest BCUT2D eigenvalue weighted by Gasteiger charge is 2.32. The third kappa shape index (κ3) is 5.19. The van der Waals surface area contributed by atoms with E-state index in [-0.39, 0.29) is 23.8 Å². The zero-order chi connectivity index (χ0) is 30.5. The van der Waals surface area contributed by atoms with E-state index in [1.54, 1.807) is 22.8 Å². The SMILES string of the molecule is CN1C(=O)Cc2cc(Nc3nc(N4CCC(Nc5ccc6c([C@H]7CCC(=O)NC7=O)nn(C)c6c5)CC4)ncc3Cl)ccc21. The molecule has 3 aliphatic heterocycles. The van der Waals surface area contributed by atoms with Gasteiger partial charge in [0.15, 0.2) is 5.82 Å². The lowest BCUT2D eigenvalue weighted by Gasteiger charge is -2.33. The number of aromatic nitrogens is 4. The molecule has 2 aromatic carbocycles. The van der Waals surface area contributed by atoms with Gasteiger partial charge in [-0.25, -0.2) is 4.98 Å². The molecule has 12 nitrogen and oxygen atoms in total. The van der Waals surface area contributed by atoms with Crippen LogP contribution in [-0.4, -0.2) is 63.6 Å². The Labute approximate surface area is 258 Å². The van der Waals surface area contributed by atoms with Gasteiger partial charge in [-0.05, 0) is 61.2 Å². The number of amides is 3. The van der Waals surface area contributed by atoms with Gasteiger partial charge in [0.1, 0.15) is 5.02 Å². The first-order valence-electron chi connectivity index (χ1n) is 14.7. The van der Waals surface area contributed by atoms with Crippen LogP contribution in [0.1, 0.15) is 42.9 Å². The molecule has 2 aromatic heterocycles. The van der Waals surface area contributed by atoms with Gasteiger partial charge >= 0.3 is 0 Å². The quantitative estimate of drug-likeness (QED) is 0.277. The summed E-state index contributed by atoms with van der Waals surface area (Å²) in [4.78, 5) is 49.2. The molecule has 0 saturated carbocycles. The minimum atomic E-state index is -0.425. The van der Waals surface area contributed by atoms with Crippen molar-refractivity contribution in [2.75, 3.05) is 40.6 Å². The minimum absolute atomic E-state index is 0.0776. The van der Waals surface area contributed by atoms with Crippen molar-refractivity contribution in [3.63, 3.8) is 0 Å². The van der Waals surface area contributed by atoms with E-state index in [4.69, 9.17) is 16.6 Å². The second-order valence-corrected chi connectivity index (χ2v) is 12.0. The van der Waals surface area contributed by atoms with E-state index in [1.807, 2.05) is 37.4 Å². The van der Waals surface area contributed by atoms with Crippen molar-refractivity contribution in [2.24, 2.45) is 7.05 Å². The van der Waals surface area contributed by atoms with Crippen LogP contribution < -0.4 is 25.8 Å². The number of carbonyl (C=O) groups excluding carboxylic acids is 3. The fourth-order valence-corrected chi connectivity index (χ4v) is 6.47. The topological polar surface area (TPSA) is 137 Å². The fourth-order valence-electron chi connectivity index (χ4n) is 6.33. The molecule has 13 heteroatoms. The molecule has 44 heavy (non-hydrogen) atoms. The van der Waals surface area contributed by atoms with Crippen LogP contribution >= 0.6 is 11.6 Å². The highest BCUT2D eigenvalue weighted by atomic mass is 35.5. The molecule has 4 aromatic rings. The maximum absolute atomic E-state index is 12.5. The second-order valence-electron chi connectivity index (χ2n) is 11.6. The number of benzene rings is 2. The summed E-state index contributed by atoms with van der Waals surface area (Å²) < 4.78 is 1.80. The van der Waals surface area contributed by atoms with Gasteiger partial charge in [-0.15, -0.1) is 0 Å². The molecule has 0 aliphatic carbocycles. The van der Waals surface area contributed by atoms with Crippen LogP contribution in [0.3, 0.4) is 0 Å². The van der Waals surface area contributed by atoms with Crippen molar-refractivity contribution in [3.8, 4) is 0 Å². The Kier molecular flexibility index (Phi) is 7.08. The van der Waals surface area contributed by atoms with Crippen LogP contribution in [0.25, 0.3) is 10.9 Å². The molecule has 0 bridgehead atoms. The summed E-state index contributed by atoms with van der Waals surface area (Å²) in [6.45, 7) is 1.55. The molecule has 2 fully saturated rings. The average molecular weight is 614 g/mol. The summed E-state index contributed by atoms with van der Waals surface area (Å²) in [6.07, 6.45) is 4.58. The van der Waals surface area contributed by atoms with E-state index in [0.29, 0.717) is 41.7 Å². The Morgan fingerprint density at radius 2 is 1.80 bits per heavy atom. The van der Waals surface area contributed by atoms with Gasteiger partial charge in [-0.3, -0.25) is 24.4 Å². The predicted octanol–water partition coefficient (Wildman–Crippen LogP) is 3.88. The lowest BCUT2D eigenvalue weighted by atomic mass is 9.93. The Balaban J connectivity index is 0.999. The number of piperidine rings is 2. The van der Waals surface area contributed by atoms with Crippen molar-refractivity contribution in [1.82, 2.24) is 25.1 Å². The summed E-state index contributed by atoms with van der Waals surface area (Å²) in [5.41, 5.74) is 5.34. The molecule has 0 unspecified atom stereocenters. The molecule has 0 spiro atoms. The number of rotatable bonds is 6. The van der Waals surface area contributed by atoms with E-state index < -0.39 is 5.92 Å². The van der Waals surface area contributed by atoms with Gasteiger partial charge in [0.05, 0.1) is 29.7 Å². The normalized spacial score (nSPS) is 19.0. The van der Waals surface area contributed by atoms with Crippen molar-refractivity contribution in [3.05, 3.63) is 58.9 Å². The molecule has 2 saturated heterocycles. The van der Waals surface area contributed by atoms with Crippen molar-refractivity contribution in [2.45, 2.75) is 44.1 Å². The smallest absolute Gasteiger partial charge is 0.235 e. The highest BCUT2D eigenvalue weighted by molar-refractivity contribution is 6.32. The number of nitrogens with zero attached hydrogens (tertiary/aromatic N) is 6. The molecular weight excluding hydrogens is 582 g/mol. The molecule has 7 rings (SSSR count). The first-order valence-corrected chi connectivity index (χ1v) is 15.1. The van der Waals surface area contributed by atoms with Crippen molar-refractivity contribution in [1.29, 1.82) is 0 Å². The Morgan fingerprint density at radius 1 is 1.00 bits per heavy atom. The lowest BCUT2D eigenvalue weighted by Crippen LogP contribution is -2.40. The minimum Gasteiger partial charge on any atom is -0.382 e. The average Bonchev–Trinajstić information content (AvgIpc) is 3.48. The van der Waals surface area contributed by atoms with Gasteiger partial charge in [-0.1, -0.05) is 11.6 Å². The lowest BCUT2D eigenvalue weighted by molar-refractivity contribution is -0.134. The zero-order valence-corrected chi connectivity index (χ0v) is 25.2. The monoisotopic (exact) mass is 613 g/mol. The van der Waals surface area contributed by atoms with Gasteiger partial charge in [0.2, 0.25) is 23.7 Å². The first kappa shape index (κ1) is 28.1. The summed E-state index contributed by atoms with van der Waals surface area (Å²) in [5, 5.41) is 15.4. The van der Waals surface area contributed by atoms with Gasteiger partial charge in [0.25, 0.3) is 0 Å². The maximum atomic E-state index is 12.5. The van der Waals surface area contributed by atoms with Gasteiger partial charge in [-0.2, -0.15) is 10.1 Å². The largest absolute Gasteiger partial charge is 0.382 e. The van der Waals surface area contributed by atoms with Crippen LogP contribution in [0.2, 0.25) is 5.02 Å². The number of carbonyl (C=O) groups is 3. The summed E-state index contributed by atoms with van der Waals surface area (Å²) >= 11 is 6.46. The zero-order valence-electron chi connectivity index (χ0n) is 24.4. The molecule has 3 aliphatic rings. The summed E-state index contributed by atoms with van der Waals surface area (Å²) in [7, 11) is 3.66. The number of hydrogen-bond acceptors (Lipinski definition) is 9. The van der Waals surface area contributed by atoms with E-state index in [0.717, 1.165) is 59.5 Å². The highest BCUT2D eigenvalue weighted by Crippen LogP contribution is 2.34. The molecular formula is C31H32ClN9O3. The molecule has 0 radical (unpaired) electrons. The Hall–Kier alpha value is -4.71. The third-order valence-electron chi connectivity index (χ3n) is 8.75. The summed E-state index contributed by atoms with van der Waals surface area (Å²) in [5.74, 6) is 0.281. The fraction of sp³-hybridized carbons (Fsp3) is 0.355. The standard InChI is InChI=1S/C31H32ClN9O3/c1-39-24-7-4-19(13-17(24)14-27(39)43)35-29-23(32)16-33-31(37-29)41-11-9-18(10-12-41)34-20-3-5-21-25(15-20)40(2)38-28(21)22-6-8-26(42)36-30(22)44/h3-5,7,13,15-16,18,22,34H,6,8-12,14H2,1-2H3,(H,33,35,37)(H,36,42,44)/t22-/m1/s1. The number of hydrogen-bond donors (Lipinski definition) is 3. The third-order valence-corrected chi connectivity index (χ3v) is 9.03. The van der Waals surface area contributed by atoms with Crippen LogP contribution in [-0.2, 0) is 27.9 Å². The maximum Gasteiger partial charge on any atom is 0.235 e. The number of anilines is 5. The van der Waals surface area contributed by atoms with E-state index in [1.165, 1.54) is 0 Å². The number of imide groups is 1. The second kappa shape index (κ2) is 11.1. The van der Waals surface area contributed by atoms with E-state index in [9.17, 15) is 14.4 Å². The predicted molar refractivity (Wildman–Crippen MR) is 169 cm³/mol. The van der Waals surface area contributed by atoms with Crippen LogP contribution in [0, 0.1) is 0 Å². The van der Waals surface area contributed by atoms with E-state index in [2.05, 4.69) is 37.0 Å². The number of halogens is 1. The van der Waals surface area contributed by atoms with Gasteiger partial charge < -0.3 is 20.4 Å². The van der Waals surface area contributed by atoms with E-state index >= 15 is 0 Å². The Morgan fingerprint density at radius 3 is 2.59 bits per heavy atom. The first-order chi connectivity index (χ1) is 21.2. The van der Waals surface area contributed by atoms with Crippen molar-refractivity contribution >= 4 is 69.1 Å². The number of likely N-dealkylation sites (N-methyl/N-ethyl adjacent to an activating group) is 1.